The van der Waals surface area contributed by atoms with Gasteiger partial charge in [0.15, 0.2) is 0 Å². The summed E-state index contributed by atoms with van der Waals surface area (Å²) in [5, 5.41) is 0. The minimum Gasteiger partial charge on any atom is -0.497 e. The Balaban J connectivity index is 2.06. The molecule has 1 aliphatic heterocycles. The van der Waals surface area contributed by atoms with E-state index in [1.54, 1.807) is 7.11 Å². The molecule has 19 heavy (non-hydrogen) atoms. The monoisotopic (exact) mass is 263 g/mol. The molecule has 1 aliphatic rings. The smallest absolute Gasteiger partial charge is 0.119 e. The van der Waals surface area contributed by atoms with E-state index in [9.17, 15) is 0 Å². The van der Waals surface area contributed by atoms with Crippen molar-refractivity contribution in [1.82, 2.24) is 4.90 Å². The Bertz CT molecular complexity index is 404. The predicted octanol–water partition coefficient (Wildman–Crippen LogP) is 3.00. The Kier molecular flexibility index (Phi) is 5.23. The number of hydrogen-bond acceptors (Lipinski definition) is 3. The third-order valence-corrected chi connectivity index (χ3v) is 3.89. The minimum atomic E-state index is 0.570. The molecule has 106 valence electrons. The lowest BCUT2D eigenvalue weighted by Crippen LogP contribution is -2.44. The van der Waals surface area contributed by atoms with Crippen LogP contribution in [0.4, 0.5) is 0 Å². The van der Waals surface area contributed by atoms with Gasteiger partial charge in [0.1, 0.15) is 5.75 Å². The first-order valence-corrected chi connectivity index (χ1v) is 7.20. The van der Waals surface area contributed by atoms with Crippen LogP contribution in [0.2, 0.25) is 0 Å². The van der Waals surface area contributed by atoms with Crippen LogP contribution in [0.3, 0.4) is 0 Å². The largest absolute Gasteiger partial charge is 0.497 e. The number of hydrogen-bond donors (Lipinski definition) is 0. The van der Waals surface area contributed by atoms with Gasteiger partial charge in [-0.25, -0.2) is 0 Å². The molecule has 1 aromatic carbocycles. The standard InChI is InChI=1S/C16H25NO2/c1-4-5-15-12-19-9-8-17(15)11-14-6-7-16(18-3)10-13(14)2/h6-7,10,15H,4-5,8-9,11-12H2,1-3H3. The van der Waals surface area contributed by atoms with E-state index in [1.165, 1.54) is 24.0 Å². The summed E-state index contributed by atoms with van der Waals surface area (Å²) in [6.45, 7) is 8.19. The van der Waals surface area contributed by atoms with Crippen molar-refractivity contribution >= 4 is 0 Å². The minimum absolute atomic E-state index is 0.570. The molecule has 1 atom stereocenters. The second-order valence-electron chi connectivity index (χ2n) is 5.28. The summed E-state index contributed by atoms with van der Waals surface area (Å²) >= 11 is 0. The molecule has 1 fully saturated rings. The van der Waals surface area contributed by atoms with Crippen LogP contribution in [0.5, 0.6) is 5.75 Å². The lowest BCUT2D eigenvalue weighted by atomic mass is 10.0. The molecule has 0 amide bonds. The lowest BCUT2D eigenvalue weighted by molar-refractivity contribution is -0.0147. The fraction of sp³-hybridized carbons (Fsp3) is 0.625. The maximum Gasteiger partial charge on any atom is 0.119 e. The van der Waals surface area contributed by atoms with E-state index in [0.29, 0.717) is 6.04 Å². The average molecular weight is 263 g/mol. The Morgan fingerprint density at radius 1 is 1.42 bits per heavy atom. The predicted molar refractivity (Wildman–Crippen MR) is 77.7 cm³/mol. The van der Waals surface area contributed by atoms with Crippen LogP contribution in [-0.4, -0.2) is 37.8 Å². The number of nitrogens with zero attached hydrogens (tertiary/aromatic N) is 1. The quantitative estimate of drug-likeness (QED) is 0.815. The highest BCUT2D eigenvalue weighted by Gasteiger charge is 2.22. The molecule has 0 radical (unpaired) electrons. The van der Waals surface area contributed by atoms with E-state index < -0.39 is 0 Å². The fourth-order valence-corrected chi connectivity index (χ4v) is 2.69. The van der Waals surface area contributed by atoms with Crippen molar-refractivity contribution < 1.29 is 9.47 Å². The molecule has 1 saturated heterocycles. The molecule has 1 unspecified atom stereocenters. The van der Waals surface area contributed by atoms with Crippen LogP contribution in [-0.2, 0) is 11.3 Å². The van der Waals surface area contributed by atoms with Gasteiger partial charge >= 0.3 is 0 Å². The van der Waals surface area contributed by atoms with Crippen molar-refractivity contribution in [3.8, 4) is 5.75 Å². The number of ether oxygens (including phenoxy) is 2. The molecular formula is C16H25NO2. The van der Waals surface area contributed by atoms with Crippen molar-refractivity contribution in [1.29, 1.82) is 0 Å². The van der Waals surface area contributed by atoms with Gasteiger partial charge in [-0.05, 0) is 36.6 Å². The van der Waals surface area contributed by atoms with Crippen LogP contribution >= 0.6 is 0 Å². The first-order chi connectivity index (χ1) is 9.24. The second kappa shape index (κ2) is 6.92. The molecule has 3 nitrogen and oxygen atoms in total. The zero-order chi connectivity index (χ0) is 13.7. The summed E-state index contributed by atoms with van der Waals surface area (Å²) in [6.07, 6.45) is 2.43. The normalized spacial score (nSPS) is 20.5. The number of rotatable bonds is 5. The molecule has 3 heteroatoms. The van der Waals surface area contributed by atoms with Gasteiger partial charge < -0.3 is 9.47 Å². The van der Waals surface area contributed by atoms with Gasteiger partial charge in [-0.15, -0.1) is 0 Å². The second-order valence-corrected chi connectivity index (χ2v) is 5.28. The maximum absolute atomic E-state index is 5.61. The summed E-state index contributed by atoms with van der Waals surface area (Å²) in [6, 6.07) is 6.93. The van der Waals surface area contributed by atoms with Crippen molar-refractivity contribution in [2.24, 2.45) is 0 Å². The molecule has 2 rings (SSSR count). The van der Waals surface area contributed by atoms with Crippen molar-refractivity contribution in [3.63, 3.8) is 0 Å². The summed E-state index contributed by atoms with van der Waals surface area (Å²) in [5.74, 6) is 0.938. The molecule has 0 N–H and O–H groups in total. The van der Waals surface area contributed by atoms with E-state index in [-0.39, 0.29) is 0 Å². The number of aryl methyl sites for hydroxylation is 1. The average Bonchev–Trinajstić information content (AvgIpc) is 2.43. The summed E-state index contributed by atoms with van der Waals surface area (Å²) < 4.78 is 10.9. The number of methoxy groups -OCH3 is 1. The van der Waals surface area contributed by atoms with E-state index in [0.717, 1.165) is 32.1 Å². The third kappa shape index (κ3) is 3.71. The van der Waals surface area contributed by atoms with E-state index in [4.69, 9.17) is 9.47 Å². The summed E-state index contributed by atoms with van der Waals surface area (Å²) in [5.41, 5.74) is 2.70. The van der Waals surface area contributed by atoms with E-state index in [2.05, 4.69) is 36.9 Å². The van der Waals surface area contributed by atoms with Crippen LogP contribution in [0.1, 0.15) is 30.9 Å². The van der Waals surface area contributed by atoms with Crippen LogP contribution in [0.15, 0.2) is 18.2 Å². The summed E-state index contributed by atoms with van der Waals surface area (Å²) in [7, 11) is 1.72. The topological polar surface area (TPSA) is 21.7 Å². The van der Waals surface area contributed by atoms with Crippen molar-refractivity contribution in [3.05, 3.63) is 29.3 Å². The number of morpholine rings is 1. The van der Waals surface area contributed by atoms with Gasteiger partial charge in [0.2, 0.25) is 0 Å². The maximum atomic E-state index is 5.61. The Labute approximate surface area is 116 Å². The molecule has 1 heterocycles. The first-order valence-electron chi connectivity index (χ1n) is 7.20. The van der Waals surface area contributed by atoms with Gasteiger partial charge in [0.25, 0.3) is 0 Å². The van der Waals surface area contributed by atoms with Gasteiger partial charge in [0, 0.05) is 19.1 Å². The Morgan fingerprint density at radius 3 is 2.95 bits per heavy atom. The highest BCUT2D eigenvalue weighted by Crippen LogP contribution is 2.21. The SMILES string of the molecule is CCCC1COCCN1Cc1ccc(OC)cc1C. The Morgan fingerprint density at radius 2 is 2.26 bits per heavy atom. The Hall–Kier alpha value is -1.06. The highest BCUT2D eigenvalue weighted by atomic mass is 16.5. The van der Waals surface area contributed by atoms with Crippen LogP contribution in [0.25, 0.3) is 0 Å². The van der Waals surface area contributed by atoms with Crippen molar-refractivity contribution in [2.75, 3.05) is 26.9 Å². The van der Waals surface area contributed by atoms with Crippen molar-refractivity contribution in [2.45, 2.75) is 39.3 Å². The van der Waals surface area contributed by atoms with Gasteiger partial charge in [0.05, 0.1) is 20.3 Å². The fourth-order valence-electron chi connectivity index (χ4n) is 2.69. The zero-order valence-electron chi connectivity index (χ0n) is 12.3. The molecule has 0 aromatic heterocycles. The molecular weight excluding hydrogens is 238 g/mol. The molecule has 1 aromatic rings. The van der Waals surface area contributed by atoms with Crippen LogP contribution < -0.4 is 4.74 Å². The first kappa shape index (κ1) is 14.4. The molecule has 0 spiro atoms. The van der Waals surface area contributed by atoms with E-state index in [1.807, 2.05) is 0 Å². The van der Waals surface area contributed by atoms with Crippen LogP contribution in [0, 0.1) is 6.92 Å². The lowest BCUT2D eigenvalue weighted by Gasteiger charge is -2.35. The zero-order valence-corrected chi connectivity index (χ0v) is 12.3. The van der Waals surface area contributed by atoms with Gasteiger partial charge in [-0.3, -0.25) is 4.90 Å². The molecule has 0 bridgehead atoms. The highest BCUT2D eigenvalue weighted by molar-refractivity contribution is 5.34. The summed E-state index contributed by atoms with van der Waals surface area (Å²) in [4.78, 5) is 2.56. The molecule has 0 aliphatic carbocycles. The van der Waals surface area contributed by atoms with E-state index >= 15 is 0 Å². The molecule has 0 saturated carbocycles. The number of benzene rings is 1. The van der Waals surface area contributed by atoms with Gasteiger partial charge in [-0.1, -0.05) is 19.4 Å². The third-order valence-electron chi connectivity index (χ3n) is 3.89. The van der Waals surface area contributed by atoms with Gasteiger partial charge in [-0.2, -0.15) is 0 Å².